The summed E-state index contributed by atoms with van der Waals surface area (Å²) in [6, 6.07) is 5.58. The lowest BCUT2D eigenvalue weighted by molar-refractivity contribution is -0.132. The number of carboxylic acids is 1. The van der Waals surface area contributed by atoms with E-state index in [-0.39, 0.29) is 11.3 Å². The van der Waals surface area contributed by atoms with E-state index < -0.39 is 5.97 Å². The van der Waals surface area contributed by atoms with Crippen LogP contribution in [0.15, 0.2) is 36.1 Å². The molecule has 1 aliphatic rings. The zero-order valence-electron chi connectivity index (χ0n) is 10.6. The van der Waals surface area contributed by atoms with Crippen molar-refractivity contribution < 1.29 is 19.5 Å². The molecule has 2 rings (SSSR count). The first-order valence-corrected chi connectivity index (χ1v) is 5.81. The first-order valence-electron chi connectivity index (χ1n) is 5.81. The Kier molecular flexibility index (Phi) is 3.57. The quantitative estimate of drug-likeness (QED) is 0.374. The van der Waals surface area contributed by atoms with Crippen LogP contribution >= 0.6 is 0 Å². The lowest BCUT2D eigenvalue weighted by atomic mass is 9.96. The van der Waals surface area contributed by atoms with Crippen LogP contribution in [0.4, 0.5) is 0 Å². The maximum atomic E-state index is 11.3. The van der Waals surface area contributed by atoms with Crippen LogP contribution < -0.4 is 10.6 Å². The van der Waals surface area contributed by atoms with Crippen molar-refractivity contribution in [2.24, 2.45) is 5.90 Å². The maximum Gasteiger partial charge on any atom is 0.339 e. The molecule has 0 spiro atoms. The zero-order valence-corrected chi connectivity index (χ0v) is 10.6. The fraction of sp³-hybridized carbons (Fsp3) is 0.214. The van der Waals surface area contributed by atoms with Crippen molar-refractivity contribution in [3.8, 4) is 5.75 Å². The molecule has 1 heterocycles. The second-order valence-corrected chi connectivity index (χ2v) is 4.23. The molecule has 3 N–H and O–H groups in total. The van der Waals surface area contributed by atoms with Crippen molar-refractivity contribution in [1.29, 1.82) is 0 Å². The van der Waals surface area contributed by atoms with E-state index in [4.69, 9.17) is 10.6 Å². The molecule has 19 heavy (non-hydrogen) atoms. The first-order chi connectivity index (χ1) is 9.06. The van der Waals surface area contributed by atoms with Crippen molar-refractivity contribution >= 4 is 11.5 Å². The van der Waals surface area contributed by atoms with Crippen molar-refractivity contribution in [2.45, 2.75) is 13.3 Å². The molecular formula is C14H15NO4. The second-order valence-electron chi connectivity index (χ2n) is 4.23. The molecule has 0 fully saturated rings. The lowest BCUT2D eigenvalue weighted by Gasteiger charge is -2.13. The number of aliphatic carboxylic acids is 1. The van der Waals surface area contributed by atoms with Crippen LogP contribution in [-0.4, -0.2) is 17.7 Å². The Hall–Kier alpha value is -2.27. The van der Waals surface area contributed by atoms with Crippen molar-refractivity contribution in [3.05, 3.63) is 47.2 Å². The van der Waals surface area contributed by atoms with E-state index in [0.29, 0.717) is 23.5 Å². The largest absolute Gasteiger partial charge is 0.492 e. The Bertz CT molecular complexity index is 575. The number of benzene rings is 1. The van der Waals surface area contributed by atoms with Gasteiger partial charge < -0.3 is 14.7 Å². The van der Waals surface area contributed by atoms with Gasteiger partial charge in [0.2, 0.25) is 0 Å². The number of ether oxygens (including phenoxy) is 1. The van der Waals surface area contributed by atoms with Gasteiger partial charge in [-0.1, -0.05) is 24.8 Å². The second kappa shape index (κ2) is 5.16. The fourth-order valence-electron chi connectivity index (χ4n) is 2.14. The molecule has 100 valence electrons. The molecule has 0 saturated heterocycles. The van der Waals surface area contributed by atoms with Crippen LogP contribution in [0.2, 0.25) is 0 Å². The topological polar surface area (TPSA) is 81.8 Å². The summed E-state index contributed by atoms with van der Waals surface area (Å²) in [4.78, 5) is 15.9. The van der Waals surface area contributed by atoms with E-state index in [1.54, 1.807) is 6.07 Å². The molecule has 0 bridgehead atoms. The summed E-state index contributed by atoms with van der Waals surface area (Å²) in [7, 11) is 0. The van der Waals surface area contributed by atoms with E-state index >= 15 is 0 Å². The lowest BCUT2D eigenvalue weighted by Crippen LogP contribution is -2.10. The Morgan fingerprint density at radius 1 is 1.53 bits per heavy atom. The van der Waals surface area contributed by atoms with Crippen molar-refractivity contribution in [1.82, 2.24) is 0 Å². The molecule has 0 aliphatic carbocycles. The molecule has 1 aromatic rings. The summed E-state index contributed by atoms with van der Waals surface area (Å²) in [5.41, 5.74) is 1.99. The minimum atomic E-state index is -1.14. The molecule has 0 amide bonds. The Balaban J connectivity index is 2.51. The van der Waals surface area contributed by atoms with Gasteiger partial charge in [-0.25, -0.2) is 4.79 Å². The number of hydrogen-bond donors (Lipinski definition) is 2. The minimum Gasteiger partial charge on any atom is -0.492 e. The highest BCUT2D eigenvalue weighted by Gasteiger charge is 2.23. The van der Waals surface area contributed by atoms with Gasteiger partial charge in [0.1, 0.15) is 17.1 Å². The molecule has 5 nitrogen and oxygen atoms in total. The third-order valence-corrected chi connectivity index (χ3v) is 3.08. The highest BCUT2D eigenvalue weighted by molar-refractivity contribution is 6.06. The van der Waals surface area contributed by atoms with Crippen LogP contribution in [0, 0.1) is 0 Å². The molecule has 0 radical (unpaired) electrons. The monoisotopic (exact) mass is 261 g/mol. The third kappa shape index (κ3) is 2.32. The van der Waals surface area contributed by atoms with Crippen LogP contribution in [0.5, 0.6) is 5.75 Å². The van der Waals surface area contributed by atoms with E-state index in [1.165, 1.54) is 6.92 Å². The minimum absolute atomic E-state index is 0.0496. The van der Waals surface area contributed by atoms with Crippen LogP contribution in [0.1, 0.15) is 18.1 Å². The number of rotatable bonds is 4. The maximum absolute atomic E-state index is 11.3. The average molecular weight is 261 g/mol. The van der Waals surface area contributed by atoms with Gasteiger partial charge in [-0.05, 0) is 18.1 Å². The number of para-hydroxylation sites is 1. The predicted octanol–water partition coefficient (Wildman–Crippen LogP) is 1.88. The molecule has 0 saturated carbocycles. The van der Waals surface area contributed by atoms with Crippen LogP contribution in [0.3, 0.4) is 0 Å². The standard InChI is InChI=1S/C14H15NO4/c1-8(12(14(16)17)9(2)19-15)11-5-3-4-10-6-7-18-13(10)11/h3-5H,1,6-7,15H2,2H3,(H,16,17)/b12-9+. The zero-order chi connectivity index (χ0) is 14.0. The predicted molar refractivity (Wildman–Crippen MR) is 70.3 cm³/mol. The van der Waals surface area contributed by atoms with Gasteiger partial charge in [0.15, 0.2) is 0 Å². The molecule has 0 aromatic heterocycles. The van der Waals surface area contributed by atoms with E-state index in [1.807, 2.05) is 12.1 Å². The summed E-state index contributed by atoms with van der Waals surface area (Å²) in [5.74, 6) is 4.71. The Labute approximate surface area is 110 Å². The molecule has 5 heteroatoms. The highest BCUT2D eigenvalue weighted by Crippen LogP contribution is 2.36. The number of allylic oxidation sites excluding steroid dienone is 1. The SMILES string of the molecule is C=C(/C(C(=O)O)=C(/C)ON)c1cccc2c1OCC2. The number of fused-ring (bicyclic) bond motifs is 1. The smallest absolute Gasteiger partial charge is 0.339 e. The number of carbonyl (C=O) groups is 1. The van der Waals surface area contributed by atoms with Gasteiger partial charge in [-0.3, -0.25) is 0 Å². The molecule has 1 aliphatic heterocycles. The third-order valence-electron chi connectivity index (χ3n) is 3.08. The summed E-state index contributed by atoms with van der Waals surface area (Å²) < 4.78 is 5.55. The van der Waals surface area contributed by atoms with Gasteiger partial charge in [0.05, 0.1) is 6.61 Å². The van der Waals surface area contributed by atoms with Gasteiger partial charge in [-0.2, -0.15) is 5.90 Å². The summed E-state index contributed by atoms with van der Waals surface area (Å²) in [5, 5.41) is 9.26. The normalized spacial score (nSPS) is 14.2. The van der Waals surface area contributed by atoms with Gasteiger partial charge in [0.25, 0.3) is 0 Å². The molecule has 0 atom stereocenters. The average Bonchev–Trinajstić information content (AvgIpc) is 2.85. The molecule has 0 unspecified atom stereocenters. The number of hydrogen-bond acceptors (Lipinski definition) is 4. The van der Waals surface area contributed by atoms with Gasteiger partial charge >= 0.3 is 5.97 Å². The van der Waals surface area contributed by atoms with E-state index in [9.17, 15) is 9.90 Å². The summed E-state index contributed by atoms with van der Waals surface area (Å²) >= 11 is 0. The number of carboxylic acid groups (broad SMARTS) is 1. The van der Waals surface area contributed by atoms with Crippen LogP contribution in [0.25, 0.3) is 5.57 Å². The van der Waals surface area contributed by atoms with Crippen molar-refractivity contribution in [2.75, 3.05) is 6.61 Å². The van der Waals surface area contributed by atoms with Gasteiger partial charge in [-0.15, -0.1) is 0 Å². The Morgan fingerprint density at radius 3 is 2.89 bits per heavy atom. The first kappa shape index (κ1) is 13.2. The van der Waals surface area contributed by atoms with E-state index in [0.717, 1.165) is 12.0 Å². The fourth-order valence-corrected chi connectivity index (χ4v) is 2.14. The van der Waals surface area contributed by atoms with Crippen LogP contribution in [-0.2, 0) is 16.1 Å². The van der Waals surface area contributed by atoms with E-state index in [2.05, 4.69) is 11.4 Å². The Morgan fingerprint density at radius 2 is 2.26 bits per heavy atom. The summed E-state index contributed by atoms with van der Waals surface area (Å²) in [6.45, 7) is 5.92. The summed E-state index contributed by atoms with van der Waals surface area (Å²) in [6.07, 6.45) is 0.814. The molecular weight excluding hydrogens is 246 g/mol. The van der Waals surface area contributed by atoms with Gasteiger partial charge in [0, 0.05) is 12.0 Å². The van der Waals surface area contributed by atoms with Crippen molar-refractivity contribution in [3.63, 3.8) is 0 Å². The molecule has 1 aromatic carbocycles. The highest BCUT2D eigenvalue weighted by atomic mass is 16.6. The number of nitrogens with two attached hydrogens (primary N) is 1.